The Morgan fingerprint density at radius 3 is 2.27 bits per heavy atom. The summed E-state index contributed by atoms with van der Waals surface area (Å²) < 4.78 is 18.0. The summed E-state index contributed by atoms with van der Waals surface area (Å²) in [7, 11) is 0. The van der Waals surface area contributed by atoms with Crippen LogP contribution in [-0.4, -0.2) is 18.4 Å². The maximum absolute atomic E-state index is 12.7. The highest BCUT2D eigenvalue weighted by Crippen LogP contribution is 2.12. The van der Waals surface area contributed by atoms with E-state index in [2.05, 4.69) is 5.32 Å². The number of carbonyl (C=O) groups excluding carboxylic acids is 2. The number of carbonyl (C=O) groups is 2. The number of benzene rings is 2. The van der Waals surface area contributed by atoms with Crippen molar-refractivity contribution < 1.29 is 18.7 Å². The monoisotopic (exact) mass is 303 g/mol. The van der Waals surface area contributed by atoms with Crippen LogP contribution in [-0.2, 0) is 4.79 Å². The lowest BCUT2D eigenvalue weighted by molar-refractivity contribution is -0.118. The molecular formula is C15H14FN3O3. The number of halogens is 1. The van der Waals surface area contributed by atoms with Gasteiger partial charge in [-0.05, 0) is 48.5 Å². The van der Waals surface area contributed by atoms with E-state index in [1.165, 1.54) is 36.4 Å². The van der Waals surface area contributed by atoms with Gasteiger partial charge in [-0.25, -0.2) is 10.2 Å². The average molecular weight is 303 g/mol. The molecule has 0 saturated heterocycles. The van der Waals surface area contributed by atoms with Gasteiger partial charge >= 0.3 is 0 Å². The van der Waals surface area contributed by atoms with Crippen molar-refractivity contribution in [2.75, 3.05) is 11.9 Å². The Morgan fingerprint density at radius 1 is 1.05 bits per heavy atom. The van der Waals surface area contributed by atoms with Crippen molar-refractivity contribution in [2.24, 2.45) is 5.84 Å². The van der Waals surface area contributed by atoms with Crippen molar-refractivity contribution in [3.05, 3.63) is 59.9 Å². The highest BCUT2D eigenvalue weighted by Gasteiger charge is 2.06. The first-order valence-corrected chi connectivity index (χ1v) is 6.37. The van der Waals surface area contributed by atoms with Crippen molar-refractivity contribution in [2.45, 2.75) is 0 Å². The predicted octanol–water partition coefficient (Wildman–Crippen LogP) is 1.45. The molecule has 0 heterocycles. The molecule has 0 saturated carbocycles. The second kappa shape index (κ2) is 7.19. The van der Waals surface area contributed by atoms with Crippen LogP contribution in [0, 0.1) is 5.82 Å². The van der Waals surface area contributed by atoms with Crippen LogP contribution >= 0.6 is 0 Å². The highest BCUT2D eigenvalue weighted by molar-refractivity contribution is 5.94. The van der Waals surface area contributed by atoms with Crippen LogP contribution in [0.15, 0.2) is 48.5 Å². The summed E-state index contributed by atoms with van der Waals surface area (Å²) in [6.07, 6.45) is 0. The number of nitrogen functional groups attached to an aromatic ring is 1. The average Bonchev–Trinajstić information content (AvgIpc) is 2.55. The molecule has 0 fully saturated rings. The van der Waals surface area contributed by atoms with E-state index in [0.29, 0.717) is 17.0 Å². The van der Waals surface area contributed by atoms with E-state index in [1.54, 1.807) is 12.1 Å². The van der Waals surface area contributed by atoms with Crippen LogP contribution in [0.1, 0.15) is 10.4 Å². The van der Waals surface area contributed by atoms with Gasteiger partial charge in [-0.15, -0.1) is 0 Å². The van der Waals surface area contributed by atoms with Crippen LogP contribution in [0.2, 0.25) is 0 Å². The molecule has 0 aliphatic heterocycles. The van der Waals surface area contributed by atoms with Gasteiger partial charge in [0.25, 0.3) is 11.8 Å². The lowest BCUT2D eigenvalue weighted by atomic mass is 10.2. The Morgan fingerprint density at radius 2 is 1.68 bits per heavy atom. The minimum atomic E-state index is -0.416. The Kier molecular flexibility index (Phi) is 5.05. The molecule has 2 aromatic rings. The lowest BCUT2D eigenvalue weighted by Crippen LogP contribution is -2.29. The molecule has 2 aromatic carbocycles. The Hall–Kier alpha value is -2.93. The summed E-state index contributed by atoms with van der Waals surface area (Å²) in [6, 6.07) is 11.5. The van der Waals surface area contributed by atoms with Gasteiger partial charge < -0.3 is 10.1 Å². The lowest BCUT2D eigenvalue weighted by Gasteiger charge is -2.08. The van der Waals surface area contributed by atoms with E-state index in [0.717, 1.165) is 0 Å². The molecule has 114 valence electrons. The fourth-order valence-electron chi connectivity index (χ4n) is 1.67. The minimum absolute atomic E-state index is 0.209. The van der Waals surface area contributed by atoms with Gasteiger partial charge in [0.05, 0.1) is 0 Å². The molecule has 0 atom stereocenters. The number of hydrogen-bond donors (Lipinski definition) is 3. The molecule has 0 spiro atoms. The van der Waals surface area contributed by atoms with Gasteiger partial charge in [0.2, 0.25) is 0 Å². The van der Waals surface area contributed by atoms with E-state index in [-0.39, 0.29) is 18.3 Å². The van der Waals surface area contributed by atoms with Crippen molar-refractivity contribution in [1.82, 2.24) is 5.43 Å². The number of hydrogen-bond acceptors (Lipinski definition) is 4. The second-order valence-corrected chi connectivity index (χ2v) is 4.34. The van der Waals surface area contributed by atoms with Gasteiger partial charge in [-0.2, -0.15) is 0 Å². The first-order valence-electron chi connectivity index (χ1n) is 6.37. The summed E-state index contributed by atoms with van der Waals surface area (Å²) in [5, 5.41) is 2.57. The number of nitrogens with two attached hydrogens (primary N) is 1. The van der Waals surface area contributed by atoms with Crippen LogP contribution in [0.4, 0.5) is 10.1 Å². The molecule has 7 heteroatoms. The van der Waals surface area contributed by atoms with Crippen molar-refractivity contribution in [1.29, 1.82) is 0 Å². The fraction of sp³-hybridized carbons (Fsp3) is 0.0667. The molecule has 0 aliphatic rings. The standard InChI is InChI=1S/C15H14FN3O3/c16-11-3-5-12(6-4-11)18-14(20)9-22-13-7-1-10(2-8-13)15(21)19-17/h1-8H,9,17H2,(H,18,20)(H,19,21). The predicted molar refractivity (Wildman–Crippen MR) is 78.6 cm³/mol. The van der Waals surface area contributed by atoms with Gasteiger partial charge in [0.15, 0.2) is 6.61 Å². The van der Waals surface area contributed by atoms with Gasteiger partial charge in [0.1, 0.15) is 11.6 Å². The van der Waals surface area contributed by atoms with Crippen molar-refractivity contribution in [3.63, 3.8) is 0 Å². The van der Waals surface area contributed by atoms with E-state index in [9.17, 15) is 14.0 Å². The first kappa shape index (κ1) is 15.5. The van der Waals surface area contributed by atoms with Crippen LogP contribution < -0.4 is 21.3 Å². The number of anilines is 1. The second-order valence-electron chi connectivity index (χ2n) is 4.34. The molecule has 0 aromatic heterocycles. The summed E-state index contributed by atoms with van der Waals surface area (Å²) >= 11 is 0. The van der Waals surface area contributed by atoms with E-state index >= 15 is 0 Å². The normalized spacial score (nSPS) is 9.91. The molecule has 2 amide bonds. The van der Waals surface area contributed by atoms with E-state index < -0.39 is 5.91 Å². The SMILES string of the molecule is NNC(=O)c1ccc(OCC(=O)Nc2ccc(F)cc2)cc1. The summed E-state index contributed by atoms with van der Waals surface area (Å²) in [5.74, 6) is 4.27. The highest BCUT2D eigenvalue weighted by atomic mass is 19.1. The van der Waals surface area contributed by atoms with Gasteiger partial charge in [0, 0.05) is 11.3 Å². The van der Waals surface area contributed by atoms with Crippen molar-refractivity contribution >= 4 is 17.5 Å². The minimum Gasteiger partial charge on any atom is -0.484 e. The molecule has 0 bridgehead atoms. The quantitative estimate of drug-likeness (QED) is 0.443. The molecule has 4 N–H and O–H groups in total. The van der Waals surface area contributed by atoms with Gasteiger partial charge in [-0.1, -0.05) is 0 Å². The third-order valence-electron chi connectivity index (χ3n) is 2.75. The summed E-state index contributed by atoms with van der Waals surface area (Å²) in [4.78, 5) is 22.9. The largest absolute Gasteiger partial charge is 0.484 e. The van der Waals surface area contributed by atoms with E-state index in [4.69, 9.17) is 10.6 Å². The maximum Gasteiger partial charge on any atom is 0.265 e. The van der Waals surface area contributed by atoms with E-state index in [1.807, 2.05) is 5.43 Å². The van der Waals surface area contributed by atoms with Crippen molar-refractivity contribution in [3.8, 4) is 5.75 Å². The molecule has 0 radical (unpaired) electrons. The number of ether oxygens (including phenoxy) is 1. The Balaban J connectivity index is 1.85. The number of hydrazine groups is 1. The smallest absolute Gasteiger partial charge is 0.265 e. The topological polar surface area (TPSA) is 93.4 Å². The molecule has 0 aliphatic carbocycles. The molecule has 0 unspecified atom stereocenters. The zero-order valence-electron chi connectivity index (χ0n) is 11.5. The third-order valence-corrected chi connectivity index (χ3v) is 2.75. The van der Waals surface area contributed by atoms with Gasteiger partial charge in [-0.3, -0.25) is 15.0 Å². The molecule has 2 rings (SSSR count). The number of rotatable bonds is 5. The third kappa shape index (κ3) is 4.29. The fourth-order valence-corrected chi connectivity index (χ4v) is 1.67. The van der Waals surface area contributed by atoms with Crippen LogP contribution in [0.25, 0.3) is 0 Å². The summed E-state index contributed by atoms with van der Waals surface area (Å²) in [5.41, 5.74) is 2.87. The molecule has 6 nitrogen and oxygen atoms in total. The molecule has 22 heavy (non-hydrogen) atoms. The number of amides is 2. The zero-order valence-corrected chi connectivity index (χ0v) is 11.5. The van der Waals surface area contributed by atoms with Crippen LogP contribution in [0.5, 0.6) is 5.75 Å². The molecular weight excluding hydrogens is 289 g/mol. The van der Waals surface area contributed by atoms with Crippen LogP contribution in [0.3, 0.4) is 0 Å². The number of nitrogens with one attached hydrogen (secondary N) is 2. The Labute approximate surface area is 126 Å². The first-order chi connectivity index (χ1) is 10.6. The zero-order chi connectivity index (χ0) is 15.9. The summed E-state index contributed by atoms with van der Waals surface area (Å²) in [6.45, 7) is -0.209. The Bertz CT molecular complexity index is 657. The maximum atomic E-state index is 12.7.